The first-order valence-corrected chi connectivity index (χ1v) is 6.04. The lowest BCUT2D eigenvalue weighted by Crippen LogP contribution is -2.21. The summed E-state index contributed by atoms with van der Waals surface area (Å²) in [6.07, 6.45) is 3.56. The molecule has 7 heteroatoms. The predicted molar refractivity (Wildman–Crippen MR) is 85.6 cm³/mol. The summed E-state index contributed by atoms with van der Waals surface area (Å²) < 4.78 is 2.03. The molecule has 106 valence electrons. The first kappa shape index (κ1) is 16.1. The minimum Gasteiger partial charge on any atom is -0.369 e. The summed E-state index contributed by atoms with van der Waals surface area (Å²) in [5, 5.41) is 8.09. The Hall–Kier alpha value is -1.98. The average molecular weight is 312 g/mol. The minimum atomic E-state index is -0.0656. The van der Waals surface area contributed by atoms with Crippen LogP contribution in [0.4, 0.5) is 0 Å². The zero-order chi connectivity index (χ0) is 13.7. The van der Waals surface area contributed by atoms with Crippen molar-refractivity contribution in [3.8, 4) is 0 Å². The van der Waals surface area contributed by atoms with Gasteiger partial charge < -0.3 is 16.0 Å². The van der Waals surface area contributed by atoms with E-state index in [4.69, 9.17) is 23.1 Å². The molecule has 2 rings (SSSR count). The van der Waals surface area contributed by atoms with Crippen LogP contribution in [0.15, 0.2) is 52.8 Å². The Morgan fingerprint density at radius 3 is 2.75 bits per heavy atom. The Morgan fingerprint density at radius 2 is 2.05 bits per heavy atom. The van der Waals surface area contributed by atoms with Gasteiger partial charge in [0.05, 0.1) is 11.9 Å². The highest BCUT2D eigenvalue weighted by Crippen LogP contribution is 2.13. The number of hydrogen-bond acceptors (Lipinski definition) is 2. The van der Waals surface area contributed by atoms with E-state index >= 15 is 0 Å². The van der Waals surface area contributed by atoms with Crippen molar-refractivity contribution in [2.75, 3.05) is 0 Å². The molecule has 4 N–H and O–H groups in total. The van der Waals surface area contributed by atoms with E-state index in [0.29, 0.717) is 6.54 Å². The summed E-state index contributed by atoms with van der Waals surface area (Å²) >= 11 is 5.96. The lowest BCUT2D eigenvalue weighted by atomic mass is 10.2. The summed E-state index contributed by atoms with van der Waals surface area (Å²) in [4.78, 5) is 0. The molecule has 0 atom stereocenters. The van der Waals surface area contributed by atoms with Gasteiger partial charge in [-0.05, 0) is 29.8 Å². The molecule has 0 fully saturated rings. The minimum absolute atomic E-state index is 0. The van der Waals surface area contributed by atoms with Crippen molar-refractivity contribution in [3.63, 3.8) is 0 Å². The van der Waals surface area contributed by atoms with E-state index in [1.165, 1.54) is 0 Å². The molecule has 0 bridgehead atoms. The highest BCUT2D eigenvalue weighted by molar-refractivity contribution is 6.30. The SMILES string of the molecule is Cl.NC(N)=N/N=C/c1cccn1Cc1cccc(Cl)c1. The Bertz CT molecular complexity index is 615. The monoisotopic (exact) mass is 311 g/mol. The van der Waals surface area contributed by atoms with Gasteiger partial charge in [0.2, 0.25) is 5.96 Å². The van der Waals surface area contributed by atoms with Crippen LogP contribution < -0.4 is 11.5 Å². The number of nitrogens with zero attached hydrogens (tertiary/aromatic N) is 3. The lowest BCUT2D eigenvalue weighted by Gasteiger charge is -2.06. The Kier molecular flexibility index (Phi) is 6.09. The van der Waals surface area contributed by atoms with E-state index in [1.807, 2.05) is 47.2 Å². The quantitative estimate of drug-likeness (QED) is 0.515. The Balaban J connectivity index is 0.00000200. The van der Waals surface area contributed by atoms with Crippen LogP contribution in [0.1, 0.15) is 11.3 Å². The van der Waals surface area contributed by atoms with Crippen LogP contribution in [0.3, 0.4) is 0 Å². The summed E-state index contributed by atoms with van der Waals surface area (Å²) in [6, 6.07) is 11.6. The fourth-order valence-electron chi connectivity index (χ4n) is 1.68. The normalized spacial score (nSPS) is 10.2. The smallest absolute Gasteiger partial charge is 0.211 e. The second-order valence-electron chi connectivity index (χ2n) is 3.96. The van der Waals surface area contributed by atoms with Gasteiger partial charge in [-0.2, -0.15) is 5.10 Å². The van der Waals surface area contributed by atoms with E-state index in [0.717, 1.165) is 16.3 Å². The van der Waals surface area contributed by atoms with Crippen molar-refractivity contribution in [3.05, 3.63) is 58.9 Å². The molecule has 0 saturated carbocycles. The third kappa shape index (κ3) is 4.60. The van der Waals surface area contributed by atoms with Gasteiger partial charge in [0.15, 0.2) is 0 Å². The van der Waals surface area contributed by atoms with E-state index in [2.05, 4.69) is 10.2 Å². The summed E-state index contributed by atoms with van der Waals surface area (Å²) in [5.74, 6) is -0.0656. The van der Waals surface area contributed by atoms with Crippen molar-refractivity contribution >= 4 is 36.2 Å². The summed E-state index contributed by atoms with van der Waals surface area (Å²) in [7, 11) is 0. The lowest BCUT2D eigenvalue weighted by molar-refractivity contribution is 0.800. The number of rotatable bonds is 4. The molecule has 0 amide bonds. The molecule has 1 aromatic carbocycles. The number of halogens is 2. The Morgan fingerprint density at radius 1 is 1.25 bits per heavy atom. The highest BCUT2D eigenvalue weighted by atomic mass is 35.5. The van der Waals surface area contributed by atoms with Gasteiger partial charge in [-0.15, -0.1) is 17.5 Å². The summed E-state index contributed by atoms with van der Waals surface area (Å²) in [5.41, 5.74) is 12.4. The molecule has 0 aliphatic heterocycles. The zero-order valence-electron chi connectivity index (χ0n) is 10.6. The van der Waals surface area contributed by atoms with Crippen molar-refractivity contribution in [2.24, 2.45) is 21.7 Å². The molecule has 0 unspecified atom stereocenters. The third-order valence-electron chi connectivity index (χ3n) is 2.47. The Labute approximate surface area is 128 Å². The van der Waals surface area contributed by atoms with E-state index in [9.17, 15) is 0 Å². The molecule has 0 saturated heterocycles. The number of benzene rings is 1. The fraction of sp³-hybridized carbons (Fsp3) is 0.0769. The number of aromatic nitrogens is 1. The van der Waals surface area contributed by atoms with Crippen molar-refractivity contribution in [1.82, 2.24) is 4.57 Å². The van der Waals surface area contributed by atoms with Crippen LogP contribution in [-0.2, 0) is 6.54 Å². The maximum atomic E-state index is 5.96. The van der Waals surface area contributed by atoms with Crippen LogP contribution in [0.2, 0.25) is 5.02 Å². The third-order valence-corrected chi connectivity index (χ3v) is 2.70. The first-order valence-electron chi connectivity index (χ1n) is 5.67. The number of hydrogen-bond donors (Lipinski definition) is 2. The van der Waals surface area contributed by atoms with Gasteiger partial charge in [-0.3, -0.25) is 0 Å². The molecule has 0 aliphatic rings. The molecule has 20 heavy (non-hydrogen) atoms. The van der Waals surface area contributed by atoms with Crippen LogP contribution >= 0.6 is 24.0 Å². The van der Waals surface area contributed by atoms with Gasteiger partial charge in [-0.1, -0.05) is 23.7 Å². The van der Waals surface area contributed by atoms with Crippen LogP contribution in [-0.4, -0.2) is 16.7 Å². The molecule has 0 radical (unpaired) electrons. The second kappa shape index (κ2) is 7.57. The van der Waals surface area contributed by atoms with Crippen LogP contribution in [0, 0.1) is 0 Å². The molecule has 2 aromatic rings. The van der Waals surface area contributed by atoms with E-state index in [-0.39, 0.29) is 18.4 Å². The van der Waals surface area contributed by atoms with Gasteiger partial charge in [0.1, 0.15) is 0 Å². The second-order valence-corrected chi connectivity index (χ2v) is 4.40. The first-order chi connectivity index (χ1) is 9.15. The molecule has 5 nitrogen and oxygen atoms in total. The fourth-order valence-corrected chi connectivity index (χ4v) is 1.89. The standard InChI is InChI=1S/C13H14ClN5.ClH/c14-11-4-1-3-10(7-11)9-19-6-2-5-12(19)8-17-18-13(15)16;/h1-8H,9H2,(H4,15,16,18);1H/b17-8+;. The largest absolute Gasteiger partial charge is 0.369 e. The molecule has 1 heterocycles. The van der Waals surface area contributed by atoms with Gasteiger partial charge in [0.25, 0.3) is 0 Å². The van der Waals surface area contributed by atoms with Crippen LogP contribution in [0.25, 0.3) is 0 Å². The van der Waals surface area contributed by atoms with Gasteiger partial charge in [0, 0.05) is 17.8 Å². The molecule has 1 aromatic heterocycles. The molecule has 0 spiro atoms. The maximum absolute atomic E-state index is 5.96. The van der Waals surface area contributed by atoms with Gasteiger partial charge in [-0.25, -0.2) is 0 Å². The van der Waals surface area contributed by atoms with E-state index < -0.39 is 0 Å². The predicted octanol–water partition coefficient (Wildman–Crippen LogP) is 2.22. The number of nitrogens with two attached hydrogens (primary N) is 2. The van der Waals surface area contributed by atoms with E-state index in [1.54, 1.807) is 6.21 Å². The molecule has 0 aliphatic carbocycles. The summed E-state index contributed by atoms with van der Waals surface area (Å²) in [6.45, 7) is 0.705. The van der Waals surface area contributed by atoms with Crippen molar-refractivity contribution < 1.29 is 0 Å². The molecular formula is C13H15Cl2N5. The maximum Gasteiger partial charge on any atom is 0.211 e. The number of guanidine groups is 1. The van der Waals surface area contributed by atoms with Crippen LogP contribution in [0.5, 0.6) is 0 Å². The topological polar surface area (TPSA) is 81.7 Å². The zero-order valence-corrected chi connectivity index (χ0v) is 12.2. The average Bonchev–Trinajstić information content (AvgIpc) is 2.76. The highest BCUT2D eigenvalue weighted by Gasteiger charge is 2.00. The van der Waals surface area contributed by atoms with Crippen molar-refractivity contribution in [2.45, 2.75) is 6.54 Å². The molecular weight excluding hydrogens is 297 g/mol. The van der Waals surface area contributed by atoms with Gasteiger partial charge >= 0.3 is 0 Å². The van der Waals surface area contributed by atoms with Crippen molar-refractivity contribution in [1.29, 1.82) is 0 Å².